The number of carbonyl (C=O) groups excluding carboxylic acids is 1. The van der Waals surface area contributed by atoms with Crippen molar-refractivity contribution < 1.29 is 9.53 Å². The third-order valence-electron chi connectivity index (χ3n) is 4.30. The molecule has 3 aromatic rings. The number of likely N-dealkylation sites (N-methyl/N-ethyl adjacent to an activating group) is 1. The van der Waals surface area contributed by atoms with Gasteiger partial charge in [0.25, 0.3) is 0 Å². The summed E-state index contributed by atoms with van der Waals surface area (Å²) in [4.78, 5) is 22.9. The van der Waals surface area contributed by atoms with Crippen LogP contribution in [0.3, 0.4) is 0 Å². The number of para-hydroxylation sites is 1. The Morgan fingerprint density at radius 3 is 2.62 bits per heavy atom. The molecule has 0 saturated carbocycles. The molecule has 1 aromatic heterocycles. The Morgan fingerprint density at radius 2 is 1.90 bits per heavy atom. The molecule has 0 spiro atoms. The van der Waals surface area contributed by atoms with E-state index in [4.69, 9.17) is 9.72 Å². The average molecular weight is 430 g/mol. The first kappa shape index (κ1) is 21.6. The summed E-state index contributed by atoms with van der Waals surface area (Å²) in [7, 11) is 4.03. The van der Waals surface area contributed by atoms with E-state index in [-0.39, 0.29) is 5.91 Å². The standard InChI is InChI=1S/C22H27N3O2S2/c1-4-27-18-11-8-12-19-21(18)23-22(29-19)25(15-14-24(2)3)20(26)13-16-28-17-9-6-5-7-10-17/h5-12H,4,13-16H2,1-3H3. The van der Waals surface area contributed by atoms with E-state index in [2.05, 4.69) is 17.0 Å². The zero-order chi connectivity index (χ0) is 20.6. The fraction of sp³-hybridized carbons (Fsp3) is 0.364. The van der Waals surface area contributed by atoms with Crippen molar-refractivity contribution >= 4 is 44.4 Å². The molecule has 5 nitrogen and oxygen atoms in total. The van der Waals surface area contributed by atoms with Crippen LogP contribution in [0.4, 0.5) is 5.13 Å². The van der Waals surface area contributed by atoms with E-state index < -0.39 is 0 Å². The fourth-order valence-electron chi connectivity index (χ4n) is 2.83. The summed E-state index contributed by atoms with van der Waals surface area (Å²) < 4.78 is 6.75. The van der Waals surface area contributed by atoms with E-state index in [0.717, 1.165) is 33.4 Å². The molecular weight excluding hydrogens is 402 g/mol. The fourth-order valence-corrected chi connectivity index (χ4v) is 4.72. The molecule has 0 unspecified atom stereocenters. The summed E-state index contributed by atoms with van der Waals surface area (Å²) in [5.41, 5.74) is 0.829. The van der Waals surface area contributed by atoms with Crippen LogP contribution in [-0.2, 0) is 4.79 Å². The summed E-state index contributed by atoms with van der Waals surface area (Å²) >= 11 is 3.25. The molecule has 0 aliphatic carbocycles. The van der Waals surface area contributed by atoms with Gasteiger partial charge in [0.1, 0.15) is 11.3 Å². The van der Waals surface area contributed by atoms with Gasteiger partial charge in [-0.25, -0.2) is 4.98 Å². The van der Waals surface area contributed by atoms with Gasteiger partial charge in [0.15, 0.2) is 5.13 Å². The Balaban J connectivity index is 1.76. The molecule has 1 amide bonds. The number of benzene rings is 2. The minimum absolute atomic E-state index is 0.104. The van der Waals surface area contributed by atoms with Crippen molar-refractivity contribution in [1.82, 2.24) is 9.88 Å². The van der Waals surface area contributed by atoms with Crippen LogP contribution in [0.25, 0.3) is 10.2 Å². The van der Waals surface area contributed by atoms with Crippen molar-refractivity contribution in [2.24, 2.45) is 0 Å². The first-order chi connectivity index (χ1) is 14.1. The van der Waals surface area contributed by atoms with Crippen LogP contribution in [0.15, 0.2) is 53.4 Å². The summed E-state index contributed by atoms with van der Waals surface area (Å²) in [6.45, 7) is 3.95. The van der Waals surface area contributed by atoms with Crippen molar-refractivity contribution in [2.75, 3.05) is 44.4 Å². The van der Waals surface area contributed by atoms with E-state index in [0.29, 0.717) is 19.6 Å². The number of hydrogen-bond acceptors (Lipinski definition) is 6. The number of amides is 1. The number of fused-ring (bicyclic) bond motifs is 1. The Bertz CT molecular complexity index is 928. The van der Waals surface area contributed by atoms with Crippen molar-refractivity contribution in [2.45, 2.75) is 18.2 Å². The normalized spacial score (nSPS) is 11.2. The Labute approximate surface area is 180 Å². The number of hydrogen-bond donors (Lipinski definition) is 0. The maximum Gasteiger partial charge on any atom is 0.229 e. The van der Waals surface area contributed by atoms with Crippen molar-refractivity contribution in [3.8, 4) is 5.75 Å². The van der Waals surface area contributed by atoms with E-state index >= 15 is 0 Å². The van der Waals surface area contributed by atoms with Crippen LogP contribution in [0.1, 0.15) is 13.3 Å². The molecular formula is C22H27N3O2S2. The molecule has 3 rings (SSSR count). The molecule has 154 valence electrons. The third-order valence-corrected chi connectivity index (χ3v) is 6.36. The van der Waals surface area contributed by atoms with Gasteiger partial charge in [0.2, 0.25) is 5.91 Å². The van der Waals surface area contributed by atoms with Gasteiger partial charge in [-0.15, -0.1) is 11.8 Å². The minimum Gasteiger partial charge on any atom is -0.492 e. The molecule has 0 radical (unpaired) electrons. The topological polar surface area (TPSA) is 45.7 Å². The highest BCUT2D eigenvalue weighted by Gasteiger charge is 2.21. The number of nitrogens with zero attached hydrogens (tertiary/aromatic N) is 3. The zero-order valence-corrected chi connectivity index (χ0v) is 18.8. The van der Waals surface area contributed by atoms with Crippen LogP contribution in [0.2, 0.25) is 0 Å². The van der Waals surface area contributed by atoms with Gasteiger partial charge in [0.05, 0.1) is 11.3 Å². The maximum atomic E-state index is 13.1. The van der Waals surface area contributed by atoms with Crippen molar-refractivity contribution in [3.63, 3.8) is 0 Å². The lowest BCUT2D eigenvalue weighted by Gasteiger charge is -2.22. The largest absolute Gasteiger partial charge is 0.492 e. The first-order valence-electron chi connectivity index (χ1n) is 9.73. The van der Waals surface area contributed by atoms with Gasteiger partial charge in [-0.05, 0) is 45.3 Å². The number of aromatic nitrogens is 1. The lowest BCUT2D eigenvalue weighted by atomic mass is 10.3. The molecule has 0 saturated heterocycles. The molecule has 0 atom stereocenters. The van der Waals surface area contributed by atoms with E-state index in [1.165, 1.54) is 4.90 Å². The molecule has 29 heavy (non-hydrogen) atoms. The van der Waals surface area contributed by atoms with Crippen LogP contribution in [0.5, 0.6) is 5.75 Å². The second kappa shape index (κ2) is 10.6. The van der Waals surface area contributed by atoms with Gasteiger partial charge in [-0.1, -0.05) is 35.6 Å². The number of thioether (sulfide) groups is 1. The minimum atomic E-state index is 0.104. The van der Waals surface area contributed by atoms with E-state index in [9.17, 15) is 4.79 Å². The monoisotopic (exact) mass is 429 g/mol. The zero-order valence-electron chi connectivity index (χ0n) is 17.1. The number of anilines is 1. The van der Waals surface area contributed by atoms with Crippen molar-refractivity contribution in [1.29, 1.82) is 0 Å². The second-order valence-electron chi connectivity index (χ2n) is 6.79. The number of carbonyl (C=O) groups is 1. The van der Waals surface area contributed by atoms with Crippen LogP contribution in [-0.4, -0.2) is 55.3 Å². The van der Waals surface area contributed by atoms with Crippen LogP contribution in [0, 0.1) is 0 Å². The lowest BCUT2D eigenvalue weighted by molar-refractivity contribution is -0.118. The number of thiazole rings is 1. The summed E-state index contributed by atoms with van der Waals surface area (Å²) in [6.07, 6.45) is 0.473. The molecule has 2 aromatic carbocycles. The number of ether oxygens (including phenoxy) is 1. The second-order valence-corrected chi connectivity index (χ2v) is 8.97. The Kier molecular flexibility index (Phi) is 7.91. The molecule has 0 bridgehead atoms. The maximum absolute atomic E-state index is 13.1. The Morgan fingerprint density at radius 1 is 1.10 bits per heavy atom. The summed E-state index contributed by atoms with van der Waals surface area (Å²) in [5, 5.41) is 0.740. The van der Waals surface area contributed by atoms with Gasteiger partial charge < -0.3 is 9.64 Å². The highest BCUT2D eigenvalue weighted by atomic mass is 32.2. The van der Waals surface area contributed by atoms with Crippen LogP contribution < -0.4 is 9.64 Å². The Hall–Kier alpha value is -2.09. The molecule has 0 aliphatic rings. The third kappa shape index (κ3) is 5.95. The van der Waals surface area contributed by atoms with Gasteiger partial charge >= 0.3 is 0 Å². The van der Waals surface area contributed by atoms with Gasteiger partial charge in [-0.3, -0.25) is 9.69 Å². The summed E-state index contributed by atoms with van der Waals surface area (Å²) in [6, 6.07) is 16.1. The average Bonchev–Trinajstić information content (AvgIpc) is 3.14. The van der Waals surface area contributed by atoms with Crippen LogP contribution >= 0.6 is 23.1 Å². The quantitative estimate of drug-likeness (QED) is 0.434. The number of rotatable bonds is 10. The predicted molar refractivity (Wildman–Crippen MR) is 123 cm³/mol. The predicted octanol–water partition coefficient (Wildman–Crippen LogP) is 4.77. The lowest BCUT2D eigenvalue weighted by Crippen LogP contribution is -2.36. The SMILES string of the molecule is CCOc1cccc2sc(N(CCN(C)C)C(=O)CCSc3ccccc3)nc12. The molecule has 0 N–H and O–H groups in total. The van der Waals surface area contributed by atoms with E-state index in [1.807, 2.05) is 62.3 Å². The molecule has 0 aliphatic heterocycles. The van der Waals surface area contributed by atoms with Gasteiger partial charge in [-0.2, -0.15) is 0 Å². The molecule has 1 heterocycles. The highest BCUT2D eigenvalue weighted by Crippen LogP contribution is 2.34. The molecule has 0 fully saturated rings. The van der Waals surface area contributed by atoms with Gasteiger partial charge in [0, 0.05) is 30.2 Å². The smallest absolute Gasteiger partial charge is 0.229 e. The van der Waals surface area contributed by atoms with Crippen molar-refractivity contribution in [3.05, 3.63) is 48.5 Å². The van der Waals surface area contributed by atoms with E-state index in [1.54, 1.807) is 23.1 Å². The first-order valence-corrected chi connectivity index (χ1v) is 11.5. The highest BCUT2D eigenvalue weighted by molar-refractivity contribution is 7.99. The summed E-state index contributed by atoms with van der Waals surface area (Å²) in [5.74, 6) is 1.62. The molecule has 7 heteroatoms.